The average molecular weight is 369 g/mol. The highest BCUT2D eigenvalue weighted by atomic mass is 19.2. The molecule has 0 radical (unpaired) electrons. The summed E-state index contributed by atoms with van der Waals surface area (Å²) in [5, 5.41) is 0. The summed E-state index contributed by atoms with van der Waals surface area (Å²) < 4.78 is 39.4. The number of halogens is 2. The monoisotopic (exact) mass is 368 g/mol. The van der Waals surface area contributed by atoms with Gasteiger partial charge in [0.2, 0.25) is 5.82 Å². The van der Waals surface area contributed by atoms with E-state index in [1.165, 1.54) is 12.8 Å². The van der Waals surface area contributed by atoms with Gasteiger partial charge in [-0.15, -0.1) is 0 Å². The standard InChI is InChI=1S/C22H34F2O2/c1-3-8-17-9-11-18(12-10-17)19-13-14-20(22(24)21(19)23)26-16-7-5-4-6-15-25-2/h13-14,17-18H,3-12,15-16H2,1-2H3. The lowest BCUT2D eigenvalue weighted by atomic mass is 9.77. The molecule has 2 nitrogen and oxygen atoms in total. The summed E-state index contributed by atoms with van der Waals surface area (Å²) in [6.07, 6.45) is 10.6. The summed E-state index contributed by atoms with van der Waals surface area (Å²) in [5.41, 5.74) is 0.532. The van der Waals surface area contributed by atoms with Crippen LogP contribution in [0.5, 0.6) is 5.75 Å². The first-order valence-electron chi connectivity index (χ1n) is 10.3. The van der Waals surface area contributed by atoms with Gasteiger partial charge in [-0.2, -0.15) is 4.39 Å². The average Bonchev–Trinajstić information content (AvgIpc) is 2.65. The molecule has 1 aliphatic carbocycles. The molecule has 0 aromatic heterocycles. The summed E-state index contributed by atoms with van der Waals surface area (Å²) in [6, 6.07) is 3.34. The third-order valence-electron chi connectivity index (χ3n) is 5.56. The van der Waals surface area contributed by atoms with Gasteiger partial charge in [0.1, 0.15) is 0 Å². The van der Waals surface area contributed by atoms with E-state index in [-0.39, 0.29) is 11.7 Å². The Morgan fingerprint density at radius 2 is 1.62 bits per heavy atom. The molecular formula is C22H34F2O2. The second kappa shape index (κ2) is 11.5. The second-order valence-electron chi connectivity index (χ2n) is 7.54. The third kappa shape index (κ3) is 6.22. The number of hydrogen-bond acceptors (Lipinski definition) is 2. The van der Waals surface area contributed by atoms with Crippen LogP contribution in [0.4, 0.5) is 8.78 Å². The zero-order valence-electron chi connectivity index (χ0n) is 16.4. The highest BCUT2D eigenvalue weighted by Crippen LogP contribution is 2.39. The minimum absolute atomic E-state index is 0.0443. The van der Waals surface area contributed by atoms with E-state index >= 15 is 0 Å². The van der Waals surface area contributed by atoms with E-state index in [1.54, 1.807) is 19.2 Å². The van der Waals surface area contributed by atoms with Gasteiger partial charge in [0.05, 0.1) is 6.61 Å². The molecule has 0 unspecified atom stereocenters. The predicted molar refractivity (Wildman–Crippen MR) is 102 cm³/mol. The summed E-state index contributed by atoms with van der Waals surface area (Å²) in [5.74, 6) is -0.579. The van der Waals surface area contributed by atoms with Crippen LogP contribution < -0.4 is 4.74 Å². The quantitative estimate of drug-likeness (QED) is 0.408. The first kappa shape index (κ1) is 21.1. The largest absolute Gasteiger partial charge is 0.490 e. The fourth-order valence-electron chi connectivity index (χ4n) is 4.03. The molecule has 2 rings (SSSR count). The molecule has 1 aliphatic rings. The molecule has 0 heterocycles. The molecule has 0 amide bonds. The molecule has 1 fully saturated rings. The highest BCUT2D eigenvalue weighted by molar-refractivity contribution is 5.33. The molecule has 4 heteroatoms. The van der Waals surface area contributed by atoms with Gasteiger partial charge in [-0.1, -0.05) is 32.3 Å². The maximum atomic E-state index is 14.5. The van der Waals surface area contributed by atoms with E-state index in [2.05, 4.69) is 6.92 Å². The zero-order chi connectivity index (χ0) is 18.8. The number of benzene rings is 1. The molecule has 1 saturated carbocycles. The van der Waals surface area contributed by atoms with Gasteiger partial charge in [-0.25, -0.2) is 4.39 Å². The van der Waals surface area contributed by atoms with Crippen LogP contribution in [0.15, 0.2) is 12.1 Å². The Hall–Kier alpha value is -1.16. The Bertz CT molecular complexity index is 525. The van der Waals surface area contributed by atoms with E-state index < -0.39 is 11.6 Å². The number of unbranched alkanes of at least 4 members (excludes halogenated alkanes) is 3. The fraction of sp³-hybridized carbons (Fsp3) is 0.727. The van der Waals surface area contributed by atoms with Crippen LogP contribution in [0.25, 0.3) is 0 Å². The maximum Gasteiger partial charge on any atom is 0.200 e. The van der Waals surface area contributed by atoms with Gasteiger partial charge in [-0.3, -0.25) is 0 Å². The van der Waals surface area contributed by atoms with E-state index in [9.17, 15) is 8.78 Å². The number of hydrogen-bond donors (Lipinski definition) is 0. The van der Waals surface area contributed by atoms with Crippen molar-refractivity contribution in [1.29, 1.82) is 0 Å². The van der Waals surface area contributed by atoms with Crippen molar-refractivity contribution in [3.63, 3.8) is 0 Å². The molecule has 0 bridgehead atoms. The molecule has 0 spiro atoms. The number of ether oxygens (including phenoxy) is 2. The minimum atomic E-state index is -0.822. The molecule has 148 valence electrons. The smallest absolute Gasteiger partial charge is 0.200 e. The highest BCUT2D eigenvalue weighted by Gasteiger charge is 2.26. The third-order valence-corrected chi connectivity index (χ3v) is 5.56. The van der Waals surface area contributed by atoms with Gasteiger partial charge in [0.25, 0.3) is 0 Å². The zero-order valence-corrected chi connectivity index (χ0v) is 16.4. The van der Waals surface area contributed by atoms with Crippen LogP contribution in [0.1, 0.15) is 82.6 Å². The van der Waals surface area contributed by atoms with E-state index in [0.29, 0.717) is 12.2 Å². The van der Waals surface area contributed by atoms with Gasteiger partial charge in [-0.05, 0) is 68.4 Å². The lowest BCUT2D eigenvalue weighted by molar-refractivity contribution is 0.190. The summed E-state index contributed by atoms with van der Waals surface area (Å²) in [6.45, 7) is 3.40. The van der Waals surface area contributed by atoms with Crippen LogP contribution in [0, 0.1) is 17.6 Å². The summed E-state index contributed by atoms with van der Waals surface area (Å²) >= 11 is 0. The van der Waals surface area contributed by atoms with Crippen LogP contribution >= 0.6 is 0 Å². The molecule has 1 aromatic rings. The Labute approximate surface area is 157 Å². The van der Waals surface area contributed by atoms with Crippen molar-refractivity contribution in [2.75, 3.05) is 20.3 Å². The Balaban J connectivity index is 1.82. The first-order valence-corrected chi connectivity index (χ1v) is 10.3. The lowest BCUT2D eigenvalue weighted by Gasteiger charge is -2.29. The molecule has 0 aliphatic heterocycles. The van der Waals surface area contributed by atoms with Crippen molar-refractivity contribution < 1.29 is 18.3 Å². The van der Waals surface area contributed by atoms with E-state index in [4.69, 9.17) is 9.47 Å². The van der Waals surface area contributed by atoms with Crippen molar-refractivity contribution in [3.8, 4) is 5.75 Å². The summed E-state index contributed by atoms with van der Waals surface area (Å²) in [7, 11) is 1.70. The molecule has 0 atom stereocenters. The Kier molecular flexibility index (Phi) is 9.38. The second-order valence-corrected chi connectivity index (χ2v) is 7.54. The van der Waals surface area contributed by atoms with Gasteiger partial charge in [0.15, 0.2) is 11.6 Å². The SMILES string of the molecule is CCCC1CCC(c2ccc(OCCCCCCOC)c(F)c2F)CC1. The van der Waals surface area contributed by atoms with Crippen LogP contribution in [-0.4, -0.2) is 20.3 Å². The maximum absolute atomic E-state index is 14.5. The van der Waals surface area contributed by atoms with Crippen LogP contribution in [-0.2, 0) is 4.74 Å². The van der Waals surface area contributed by atoms with Crippen molar-refractivity contribution in [1.82, 2.24) is 0 Å². The molecule has 0 saturated heterocycles. The van der Waals surface area contributed by atoms with Crippen LogP contribution in [0.2, 0.25) is 0 Å². The molecule has 26 heavy (non-hydrogen) atoms. The first-order chi connectivity index (χ1) is 12.7. The van der Waals surface area contributed by atoms with Crippen molar-refractivity contribution >= 4 is 0 Å². The van der Waals surface area contributed by atoms with Crippen molar-refractivity contribution in [2.45, 2.75) is 77.0 Å². The number of rotatable bonds is 11. The molecular weight excluding hydrogens is 334 g/mol. The predicted octanol–water partition coefficient (Wildman–Crippen LogP) is 6.62. The Morgan fingerprint density at radius 3 is 2.27 bits per heavy atom. The lowest BCUT2D eigenvalue weighted by Crippen LogP contribution is -2.15. The van der Waals surface area contributed by atoms with E-state index in [0.717, 1.165) is 63.9 Å². The molecule has 1 aromatic carbocycles. The van der Waals surface area contributed by atoms with Crippen molar-refractivity contribution in [2.24, 2.45) is 5.92 Å². The minimum Gasteiger partial charge on any atom is -0.490 e. The normalized spacial score (nSPS) is 20.3. The summed E-state index contributed by atoms with van der Waals surface area (Å²) in [4.78, 5) is 0. The van der Waals surface area contributed by atoms with Gasteiger partial charge >= 0.3 is 0 Å². The van der Waals surface area contributed by atoms with Gasteiger partial charge in [0, 0.05) is 13.7 Å². The number of methoxy groups -OCH3 is 1. The molecule has 0 N–H and O–H groups in total. The van der Waals surface area contributed by atoms with Crippen LogP contribution in [0.3, 0.4) is 0 Å². The van der Waals surface area contributed by atoms with Crippen molar-refractivity contribution in [3.05, 3.63) is 29.3 Å². The Morgan fingerprint density at radius 1 is 0.923 bits per heavy atom. The topological polar surface area (TPSA) is 18.5 Å². The van der Waals surface area contributed by atoms with E-state index in [1.807, 2.05) is 0 Å². The fourth-order valence-corrected chi connectivity index (χ4v) is 4.03. The van der Waals surface area contributed by atoms with Gasteiger partial charge < -0.3 is 9.47 Å².